The van der Waals surface area contributed by atoms with Gasteiger partial charge in [-0.3, -0.25) is 0 Å². The summed E-state index contributed by atoms with van der Waals surface area (Å²) in [5, 5.41) is 94.6. The normalized spacial score (nSPS) is 10.9. The van der Waals surface area contributed by atoms with Gasteiger partial charge in [-0.1, -0.05) is 66.7 Å². The molecule has 0 aliphatic heterocycles. The number of rotatable bonds is 7. The summed E-state index contributed by atoms with van der Waals surface area (Å²) in [7, 11) is 0. The fraction of sp³-hybridized carbons (Fsp3) is 0.0143. The van der Waals surface area contributed by atoms with Gasteiger partial charge in [0.15, 0.2) is 0 Å². The van der Waals surface area contributed by atoms with Gasteiger partial charge in [0.05, 0.1) is 132 Å². The lowest BCUT2D eigenvalue weighted by Gasteiger charge is -2.20. The smallest absolute Gasteiger partial charge is 0.308 e. The number of benzene rings is 10. The first-order valence-electron chi connectivity index (χ1n) is 25.6. The highest BCUT2D eigenvalue weighted by Crippen LogP contribution is 2.46. The van der Waals surface area contributed by atoms with E-state index in [-0.39, 0.29) is 55.8 Å². The molecule has 2 heterocycles. The van der Waals surface area contributed by atoms with Crippen molar-refractivity contribution in [2.75, 3.05) is 0 Å². The van der Waals surface area contributed by atoms with Gasteiger partial charge in [0.1, 0.15) is 11.6 Å². The predicted octanol–water partition coefficient (Wildman–Crippen LogP) is 16.1. The Morgan fingerprint density at radius 3 is 0.952 bits per heavy atom. The SMILES string of the molecule is N#Cc1ccc(-c2ccc3c(c2)c2cc(-c4ccc(C#N)cc4C#N)ccc2n3-c2ccc(-c3cccc(C(F)(F)F)c3)c(-n3c4ccc(-c5ccc(C#N)cc5C#N)cc4c4cc(-c5ccc(C#N)cc5C#N)ccc43)c2C#N)c(C#N)c1. The van der Waals surface area contributed by atoms with Crippen LogP contribution in [0.1, 0.15) is 55.6 Å². The van der Waals surface area contributed by atoms with E-state index in [4.69, 9.17) is 0 Å². The van der Waals surface area contributed by atoms with Crippen LogP contribution >= 0.6 is 0 Å². The second kappa shape index (κ2) is 20.3. The summed E-state index contributed by atoms with van der Waals surface area (Å²) in [4.78, 5) is 0. The maximum Gasteiger partial charge on any atom is 0.416 e. The Hall–Kier alpha value is -13.0. The van der Waals surface area contributed by atoms with Gasteiger partial charge in [-0.2, -0.15) is 60.5 Å². The molecule has 0 amide bonds. The van der Waals surface area contributed by atoms with Gasteiger partial charge in [-0.15, -0.1) is 0 Å². The number of nitriles is 9. The first-order valence-corrected chi connectivity index (χ1v) is 25.6. The van der Waals surface area contributed by atoms with Crippen molar-refractivity contribution in [2.45, 2.75) is 6.18 Å². The van der Waals surface area contributed by atoms with Crippen molar-refractivity contribution in [3.8, 4) is 122 Å². The molecule has 10 aromatic carbocycles. The van der Waals surface area contributed by atoms with Gasteiger partial charge >= 0.3 is 6.18 Å². The van der Waals surface area contributed by atoms with E-state index in [1.54, 1.807) is 91.0 Å². The van der Waals surface area contributed by atoms with Crippen molar-refractivity contribution in [3.63, 3.8) is 0 Å². The second-order valence-electron chi connectivity index (χ2n) is 19.6. The Kier molecular flexibility index (Phi) is 12.5. The van der Waals surface area contributed by atoms with Gasteiger partial charge in [-0.25, -0.2) is 0 Å². The molecular formula is C70H30F3N11. The Bertz CT molecular complexity index is 5060. The van der Waals surface area contributed by atoms with E-state index in [0.29, 0.717) is 105 Å². The standard InChI is InChI=1S/C70H30F3N11/c71-70(72,73)53-3-1-2-44(26-53)58-16-21-68(83-64-17-8-45(54-12-4-40(31-74)22-49(54)35-78)27-59(64)60-28-46(9-18-65(60)83)55-13-5-41(32-75)23-50(55)36-79)63(39-82)69(58)84-66-19-10-47(56-14-6-42(33-76)24-51(56)37-80)29-61(66)62-30-48(11-20-67(62)84)57-15-7-43(34-77)25-52(57)38-81/h1-30H. The molecular weight excluding hydrogens is 1050 g/mol. The largest absolute Gasteiger partial charge is 0.416 e. The predicted molar refractivity (Wildman–Crippen MR) is 310 cm³/mol. The van der Waals surface area contributed by atoms with Crippen LogP contribution in [0.25, 0.3) is 111 Å². The molecule has 14 heteroatoms. The topological polar surface area (TPSA) is 224 Å². The van der Waals surface area contributed by atoms with Crippen LogP contribution in [-0.2, 0) is 6.18 Å². The van der Waals surface area contributed by atoms with E-state index >= 15 is 0 Å². The Balaban J connectivity index is 1.20. The van der Waals surface area contributed by atoms with E-state index in [9.17, 15) is 60.5 Å². The molecule has 0 N–H and O–H groups in total. The lowest BCUT2D eigenvalue weighted by Crippen LogP contribution is -2.08. The quantitative estimate of drug-likeness (QED) is 0.148. The maximum atomic E-state index is 14.8. The molecule has 0 atom stereocenters. The average molecular weight is 1080 g/mol. The number of alkyl halides is 3. The lowest BCUT2D eigenvalue weighted by molar-refractivity contribution is -0.137. The molecule has 0 aliphatic rings. The number of hydrogen-bond acceptors (Lipinski definition) is 9. The highest BCUT2D eigenvalue weighted by Gasteiger charge is 2.32. The van der Waals surface area contributed by atoms with E-state index < -0.39 is 11.7 Å². The molecule has 12 rings (SSSR count). The van der Waals surface area contributed by atoms with Crippen LogP contribution in [0.15, 0.2) is 182 Å². The van der Waals surface area contributed by atoms with Crippen LogP contribution in [-0.4, -0.2) is 9.13 Å². The highest BCUT2D eigenvalue weighted by molar-refractivity contribution is 6.14. The van der Waals surface area contributed by atoms with Gasteiger partial charge in [0, 0.05) is 27.1 Å². The zero-order valence-electron chi connectivity index (χ0n) is 43.4. The van der Waals surface area contributed by atoms with E-state index in [0.717, 1.165) is 12.1 Å². The highest BCUT2D eigenvalue weighted by atomic mass is 19.4. The van der Waals surface area contributed by atoms with Crippen molar-refractivity contribution in [1.82, 2.24) is 9.13 Å². The number of nitrogens with zero attached hydrogens (tertiary/aromatic N) is 11. The zero-order valence-corrected chi connectivity index (χ0v) is 43.4. The van der Waals surface area contributed by atoms with Crippen LogP contribution in [0.2, 0.25) is 0 Å². The van der Waals surface area contributed by atoms with Crippen LogP contribution < -0.4 is 0 Å². The van der Waals surface area contributed by atoms with Crippen LogP contribution in [0.5, 0.6) is 0 Å². The third kappa shape index (κ3) is 8.48. The summed E-state index contributed by atoms with van der Waals surface area (Å²) in [6.07, 6.45) is -4.74. The van der Waals surface area contributed by atoms with E-state index in [2.05, 4.69) is 54.6 Å². The summed E-state index contributed by atoms with van der Waals surface area (Å²) in [6.45, 7) is 0. The van der Waals surface area contributed by atoms with Crippen molar-refractivity contribution in [1.29, 1.82) is 47.4 Å². The first-order chi connectivity index (χ1) is 40.8. The molecule has 0 saturated heterocycles. The number of hydrogen-bond donors (Lipinski definition) is 0. The Morgan fingerprint density at radius 1 is 0.298 bits per heavy atom. The molecule has 84 heavy (non-hydrogen) atoms. The third-order valence-corrected chi connectivity index (χ3v) is 15.1. The molecule has 0 saturated carbocycles. The fourth-order valence-electron chi connectivity index (χ4n) is 11.3. The molecule has 0 aliphatic carbocycles. The summed E-state index contributed by atoms with van der Waals surface area (Å²) >= 11 is 0. The molecule has 386 valence electrons. The van der Waals surface area contributed by atoms with Gasteiger partial charge in [0.25, 0.3) is 0 Å². The number of fused-ring (bicyclic) bond motifs is 6. The van der Waals surface area contributed by atoms with Crippen molar-refractivity contribution in [3.05, 3.63) is 238 Å². The number of halogens is 3. The molecule has 11 nitrogen and oxygen atoms in total. The van der Waals surface area contributed by atoms with Gasteiger partial charge in [-0.05, 0) is 165 Å². The van der Waals surface area contributed by atoms with Crippen LogP contribution in [0.3, 0.4) is 0 Å². The van der Waals surface area contributed by atoms with Gasteiger partial charge < -0.3 is 9.13 Å². The third-order valence-electron chi connectivity index (χ3n) is 15.1. The molecule has 0 bridgehead atoms. The summed E-state index contributed by atoms with van der Waals surface area (Å²) in [5.41, 5.74) is 8.89. The monoisotopic (exact) mass is 1080 g/mol. The molecule has 0 unspecified atom stereocenters. The average Bonchev–Trinajstić information content (AvgIpc) is 2.67. The summed E-state index contributed by atoms with van der Waals surface area (Å²) in [5.74, 6) is 0. The maximum absolute atomic E-state index is 14.8. The first kappa shape index (κ1) is 51.7. The minimum Gasteiger partial charge on any atom is -0.308 e. The molecule has 12 aromatic rings. The Labute approximate surface area is 476 Å². The van der Waals surface area contributed by atoms with Crippen LogP contribution in [0.4, 0.5) is 13.2 Å². The molecule has 0 fully saturated rings. The summed E-state index contributed by atoms with van der Waals surface area (Å²) < 4.78 is 48.0. The van der Waals surface area contributed by atoms with Crippen molar-refractivity contribution >= 4 is 43.6 Å². The van der Waals surface area contributed by atoms with Crippen molar-refractivity contribution in [2.24, 2.45) is 0 Å². The van der Waals surface area contributed by atoms with E-state index in [1.165, 1.54) is 30.3 Å². The lowest BCUT2D eigenvalue weighted by atomic mass is 9.95. The minimum absolute atomic E-state index is 0.0410. The van der Waals surface area contributed by atoms with Gasteiger partial charge in [0.2, 0.25) is 0 Å². The Morgan fingerprint density at radius 2 is 0.631 bits per heavy atom. The molecule has 2 aromatic heterocycles. The summed E-state index contributed by atoms with van der Waals surface area (Å²) in [6, 6.07) is 69.1. The fourth-order valence-corrected chi connectivity index (χ4v) is 11.3. The van der Waals surface area contributed by atoms with Crippen LogP contribution in [0, 0.1) is 102 Å². The zero-order chi connectivity index (χ0) is 58.6. The molecule has 0 spiro atoms. The van der Waals surface area contributed by atoms with E-state index in [1.807, 2.05) is 57.7 Å². The van der Waals surface area contributed by atoms with Crippen molar-refractivity contribution < 1.29 is 13.2 Å². The molecule has 0 radical (unpaired) electrons. The minimum atomic E-state index is -4.74. The number of aromatic nitrogens is 2. The second-order valence-corrected chi connectivity index (χ2v) is 19.6.